The smallest absolute Gasteiger partial charge is 0.358 e. The second-order valence-corrected chi connectivity index (χ2v) is 4.65. The summed E-state index contributed by atoms with van der Waals surface area (Å²) < 4.78 is 30.3. The molecule has 0 atom stereocenters. The highest BCUT2D eigenvalue weighted by molar-refractivity contribution is 7.15. The molecule has 0 saturated heterocycles. The number of carbonyl (C=O) groups excluding carboxylic acids is 1. The van der Waals surface area contributed by atoms with Crippen LogP contribution in [-0.4, -0.2) is 17.6 Å². The molecular formula is C13H11F2NO2S. The molecule has 0 radical (unpaired) electrons. The zero-order chi connectivity index (χ0) is 13.8. The lowest BCUT2D eigenvalue weighted by Crippen LogP contribution is -2.06. The first kappa shape index (κ1) is 13.6. The molecule has 0 aliphatic carbocycles. The Bertz CT molecular complexity index is 569. The van der Waals surface area contributed by atoms with Crippen molar-refractivity contribution in [2.45, 2.75) is 13.3 Å². The number of nitrogens with zero attached hydrogens (tertiary/aromatic N) is 1. The Hall–Kier alpha value is -1.82. The minimum absolute atomic E-state index is 0.0478. The van der Waals surface area contributed by atoms with E-state index in [-0.39, 0.29) is 17.3 Å². The standard InChI is InChI=1S/C13H11F2NO2S/c1-2-18-13(17)9-10(8-6-4-3-5-7-8)19-12(16-9)11(14)15/h3-7,11H,2H2,1H3. The van der Waals surface area contributed by atoms with Crippen LogP contribution >= 0.6 is 11.3 Å². The summed E-state index contributed by atoms with van der Waals surface area (Å²) >= 11 is 0.813. The largest absolute Gasteiger partial charge is 0.461 e. The highest BCUT2D eigenvalue weighted by Gasteiger charge is 2.24. The van der Waals surface area contributed by atoms with E-state index in [9.17, 15) is 13.6 Å². The molecule has 0 aliphatic rings. The van der Waals surface area contributed by atoms with Crippen molar-refractivity contribution in [1.29, 1.82) is 0 Å². The fourth-order valence-corrected chi connectivity index (χ4v) is 2.47. The minimum atomic E-state index is -2.70. The van der Waals surface area contributed by atoms with E-state index >= 15 is 0 Å². The first-order valence-corrected chi connectivity index (χ1v) is 6.46. The molecule has 0 aliphatic heterocycles. The quantitative estimate of drug-likeness (QED) is 0.798. The van der Waals surface area contributed by atoms with Gasteiger partial charge >= 0.3 is 5.97 Å². The fraction of sp³-hybridized carbons (Fsp3) is 0.231. The number of ether oxygens (including phenoxy) is 1. The number of hydrogen-bond acceptors (Lipinski definition) is 4. The summed E-state index contributed by atoms with van der Waals surface area (Å²) in [5.74, 6) is -0.676. The van der Waals surface area contributed by atoms with Gasteiger partial charge in [-0.1, -0.05) is 30.3 Å². The molecular weight excluding hydrogens is 272 g/mol. The van der Waals surface area contributed by atoms with Crippen LogP contribution in [-0.2, 0) is 4.74 Å². The van der Waals surface area contributed by atoms with Crippen LogP contribution in [0.2, 0.25) is 0 Å². The van der Waals surface area contributed by atoms with Crippen LogP contribution in [0.15, 0.2) is 30.3 Å². The molecule has 0 spiro atoms. The predicted octanol–water partition coefficient (Wildman–Crippen LogP) is 3.92. The average Bonchev–Trinajstić information content (AvgIpc) is 2.85. The van der Waals surface area contributed by atoms with Gasteiger partial charge in [-0.25, -0.2) is 18.6 Å². The van der Waals surface area contributed by atoms with Crippen LogP contribution in [0.1, 0.15) is 28.8 Å². The molecule has 0 saturated carbocycles. The summed E-state index contributed by atoms with van der Waals surface area (Å²) in [6.07, 6.45) is -2.70. The van der Waals surface area contributed by atoms with Crippen molar-refractivity contribution >= 4 is 17.3 Å². The molecule has 3 nitrogen and oxygen atoms in total. The predicted molar refractivity (Wildman–Crippen MR) is 68.5 cm³/mol. The van der Waals surface area contributed by atoms with Gasteiger partial charge in [-0.15, -0.1) is 11.3 Å². The summed E-state index contributed by atoms with van der Waals surface area (Å²) in [4.78, 5) is 15.9. The zero-order valence-electron chi connectivity index (χ0n) is 10.1. The third-order valence-corrected chi connectivity index (χ3v) is 3.45. The number of esters is 1. The van der Waals surface area contributed by atoms with Crippen LogP contribution in [0.5, 0.6) is 0 Å². The van der Waals surface area contributed by atoms with Crippen LogP contribution in [0.25, 0.3) is 10.4 Å². The molecule has 6 heteroatoms. The summed E-state index contributed by atoms with van der Waals surface area (Å²) in [5.41, 5.74) is 0.628. The first-order valence-electron chi connectivity index (χ1n) is 5.65. The van der Waals surface area contributed by atoms with Crippen LogP contribution in [0.3, 0.4) is 0 Å². The van der Waals surface area contributed by atoms with Gasteiger partial charge in [0.1, 0.15) is 0 Å². The van der Waals surface area contributed by atoms with E-state index in [0.29, 0.717) is 10.4 Å². The average molecular weight is 283 g/mol. The van der Waals surface area contributed by atoms with Crippen molar-refractivity contribution in [3.63, 3.8) is 0 Å². The normalized spacial score (nSPS) is 10.7. The third-order valence-electron chi connectivity index (χ3n) is 2.34. The number of alkyl halides is 2. The lowest BCUT2D eigenvalue weighted by Gasteiger charge is -2.01. The van der Waals surface area contributed by atoms with Gasteiger partial charge in [0.2, 0.25) is 0 Å². The van der Waals surface area contributed by atoms with Gasteiger partial charge in [0.25, 0.3) is 6.43 Å². The number of hydrogen-bond donors (Lipinski definition) is 0. The van der Waals surface area contributed by atoms with Gasteiger partial charge in [-0.05, 0) is 12.5 Å². The summed E-state index contributed by atoms with van der Waals surface area (Å²) in [7, 11) is 0. The molecule has 19 heavy (non-hydrogen) atoms. The Morgan fingerprint density at radius 3 is 2.63 bits per heavy atom. The minimum Gasteiger partial charge on any atom is -0.461 e. The Labute approximate surface area is 112 Å². The van der Waals surface area contributed by atoms with Crippen LogP contribution in [0.4, 0.5) is 8.78 Å². The Morgan fingerprint density at radius 2 is 2.05 bits per heavy atom. The maximum atomic E-state index is 12.7. The summed E-state index contributed by atoms with van der Waals surface area (Å²) in [6.45, 7) is 1.83. The van der Waals surface area contributed by atoms with E-state index in [1.165, 1.54) is 0 Å². The monoisotopic (exact) mass is 283 g/mol. The van der Waals surface area contributed by atoms with Crippen molar-refractivity contribution in [2.75, 3.05) is 6.61 Å². The van der Waals surface area contributed by atoms with Crippen molar-refractivity contribution in [3.8, 4) is 10.4 Å². The second kappa shape index (κ2) is 5.88. The maximum Gasteiger partial charge on any atom is 0.358 e. The Balaban J connectivity index is 2.49. The SMILES string of the molecule is CCOC(=O)c1nc(C(F)F)sc1-c1ccccc1. The van der Waals surface area contributed by atoms with Gasteiger partial charge in [0, 0.05) is 0 Å². The lowest BCUT2D eigenvalue weighted by molar-refractivity contribution is 0.0520. The van der Waals surface area contributed by atoms with Crippen LogP contribution in [0, 0.1) is 0 Å². The lowest BCUT2D eigenvalue weighted by atomic mass is 10.1. The fourth-order valence-electron chi connectivity index (χ4n) is 1.55. The van der Waals surface area contributed by atoms with E-state index in [1.807, 2.05) is 6.07 Å². The van der Waals surface area contributed by atoms with E-state index in [0.717, 1.165) is 11.3 Å². The molecule has 1 aromatic heterocycles. The van der Waals surface area contributed by atoms with Gasteiger partial charge in [0.15, 0.2) is 10.7 Å². The Morgan fingerprint density at radius 1 is 1.37 bits per heavy atom. The third kappa shape index (κ3) is 2.96. The number of aromatic nitrogens is 1. The van der Waals surface area contributed by atoms with E-state index < -0.39 is 12.4 Å². The highest BCUT2D eigenvalue weighted by atomic mass is 32.1. The molecule has 2 rings (SSSR count). The number of benzene rings is 1. The zero-order valence-corrected chi connectivity index (χ0v) is 10.9. The van der Waals surface area contributed by atoms with Gasteiger partial charge in [0.05, 0.1) is 11.5 Å². The molecule has 0 bridgehead atoms. The molecule has 1 aromatic carbocycles. The molecule has 0 N–H and O–H groups in total. The highest BCUT2D eigenvalue weighted by Crippen LogP contribution is 2.34. The van der Waals surface area contributed by atoms with Crippen LogP contribution < -0.4 is 0 Å². The number of rotatable bonds is 4. The molecule has 0 amide bonds. The molecule has 0 fully saturated rings. The molecule has 1 heterocycles. The maximum absolute atomic E-state index is 12.7. The number of carbonyl (C=O) groups is 1. The van der Waals surface area contributed by atoms with Crippen molar-refractivity contribution < 1.29 is 18.3 Å². The number of thiazole rings is 1. The first-order chi connectivity index (χ1) is 9.13. The van der Waals surface area contributed by atoms with Crippen molar-refractivity contribution in [3.05, 3.63) is 41.0 Å². The van der Waals surface area contributed by atoms with E-state index in [2.05, 4.69) is 4.98 Å². The van der Waals surface area contributed by atoms with Crippen molar-refractivity contribution in [2.24, 2.45) is 0 Å². The molecule has 2 aromatic rings. The van der Waals surface area contributed by atoms with Crippen molar-refractivity contribution in [1.82, 2.24) is 4.98 Å². The summed E-state index contributed by atoms with van der Waals surface area (Å²) in [6, 6.07) is 8.83. The Kier molecular flexibility index (Phi) is 4.21. The number of halogens is 2. The molecule has 100 valence electrons. The van der Waals surface area contributed by atoms with Gasteiger partial charge in [-0.3, -0.25) is 0 Å². The topological polar surface area (TPSA) is 39.2 Å². The van der Waals surface area contributed by atoms with Gasteiger partial charge < -0.3 is 4.74 Å². The molecule has 0 unspecified atom stereocenters. The van der Waals surface area contributed by atoms with E-state index in [1.54, 1.807) is 31.2 Å². The summed E-state index contributed by atoms with van der Waals surface area (Å²) in [5, 5.41) is -0.373. The van der Waals surface area contributed by atoms with Gasteiger partial charge in [-0.2, -0.15) is 0 Å². The van der Waals surface area contributed by atoms with E-state index in [4.69, 9.17) is 4.74 Å². The second-order valence-electron chi connectivity index (χ2n) is 3.62.